The highest BCUT2D eigenvalue weighted by molar-refractivity contribution is 5.91. The zero-order valence-corrected chi connectivity index (χ0v) is 15.7. The molecule has 1 aromatic heterocycles. The summed E-state index contributed by atoms with van der Waals surface area (Å²) in [5.74, 6) is 1.67. The second kappa shape index (κ2) is 9.44. The number of benzene rings is 1. The molecule has 0 saturated carbocycles. The predicted octanol–water partition coefficient (Wildman–Crippen LogP) is 3.79. The monoisotopic (exact) mass is 368 g/mol. The van der Waals surface area contributed by atoms with Crippen molar-refractivity contribution in [2.75, 3.05) is 24.6 Å². The summed E-state index contributed by atoms with van der Waals surface area (Å²) in [5.41, 5.74) is 6.85. The van der Waals surface area contributed by atoms with E-state index in [-0.39, 0.29) is 24.2 Å². The summed E-state index contributed by atoms with van der Waals surface area (Å²) in [5, 5.41) is 13.7. The number of rotatable bonds is 8. The Morgan fingerprint density at radius 2 is 1.93 bits per heavy atom. The van der Waals surface area contributed by atoms with Crippen LogP contribution >= 0.6 is 0 Å². The fourth-order valence-corrected chi connectivity index (χ4v) is 1.96. The first kappa shape index (κ1) is 20.1. The highest BCUT2D eigenvalue weighted by atomic mass is 16.5. The van der Waals surface area contributed by atoms with Crippen LogP contribution in [-0.2, 0) is 4.79 Å². The lowest BCUT2D eigenvalue weighted by atomic mass is 10.2. The molecule has 2 rings (SSSR count). The van der Waals surface area contributed by atoms with Crippen molar-refractivity contribution in [3.05, 3.63) is 48.7 Å². The van der Waals surface area contributed by atoms with E-state index in [0.29, 0.717) is 28.7 Å². The van der Waals surface area contributed by atoms with Gasteiger partial charge >= 0.3 is 0 Å². The Balaban J connectivity index is 2.16. The first-order valence-electron chi connectivity index (χ1n) is 8.49. The molecule has 0 saturated heterocycles. The van der Waals surface area contributed by atoms with Crippen molar-refractivity contribution in [3.8, 4) is 5.75 Å². The number of hydrogen-bond acceptors (Lipinski definition) is 7. The van der Waals surface area contributed by atoms with E-state index in [1.807, 2.05) is 26.0 Å². The zero-order chi connectivity index (χ0) is 19.8. The fourth-order valence-electron chi connectivity index (χ4n) is 1.96. The van der Waals surface area contributed by atoms with Gasteiger partial charge in [0.25, 0.3) is 0 Å². The number of aromatic nitrogens is 1. The Bertz CT molecular complexity index is 848. The van der Waals surface area contributed by atoms with E-state index >= 15 is 0 Å². The van der Waals surface area contributed by atoms with Gasteiger partial charge in [-0.2, -0.15) is 0 Å². The SMILES string of the molecule is C=C(Oc1ccccc1N=Nc1ccc(NC(=O)CNC)nc1N)C(C)C. The molecule has 0 aliphatic heterocycles. The number of nitrogens with one attached hydrogen (secondary N) is 2. The molecule has 1 heterocycles. The van der Waals surface area contributed by atoms with Crippen LogP contribution in [0.3, 0.4) is 0 Å². The van der Waals surface area contributed by atoms with Crippen LogP contribution in [0.5, 0.6) is 5.75 Å². The number of nitrogens with zero attached hydrogens (tertiary/aromatic N) is 3. The number of pyridine rings is 1. The molecule has 0 aliphatic rings. The van der Waals surface area contributed by atoms with Crippen LogP contribution < -0.4 is 21.1 Å². The number of likely N-dealkylation sites (N-methyl/N-ethyl adjacent to an activating group) is 1. The van der Waals surface area contributed by atoms with Gasteiger partial charge in [0.15, 0.2) is 11.6 Å². The van der Waals surface area contributed by atoms with Gasteiger partial charge in [-0.25, -0.2) is 4.98 Å². The van der Waals surface area contributed by atoms with Crippen LogP contribution in [0.15, 0.2) is 59.0 Å². The number of para-hydroxylation sites is 1. The molecule has 0 spiro atoms. The lowest BCUT2D eigenvalue weighted by Crippen LogP contribution is -2.25. The summed E-state index contributed by atoms with van der Waals surface area (Å²) in [7, 11) is 1.68. The quantitative estimate of drug-likeness (QED) is 0.484. The first-order valence-corrected chi connectivity index (χ1v) is 8.49. The maximum atomic E-state index is 11.6. The van der Waals surface area contributed by atoms with Crippen molar-refractivity contribution in [3.63, 3.8) is 0 Å². The molecule has 0 aliphatic carbocycles. The molecule has 27 heavy (non-hydrogen) atoms. The van der Waals surface area contributed by atoms with E-state index in [2.05, 4.69) is 32.4 Å². The van der Waals surface area contributed by atoms with Crippen LogP contribution in [0.4, 0.5) is 23.0 Å². The highest BCUT2D eigenvalue weighted by Crippen LogP contribution is 2.32. The number of carbonyl (C=O) groups is 1. The molecule has 8 nitrogen and oxygen atoms in total. The molecule has 0 radical (unpaired) electrons. The topological polar surface area (TPSA) is 114 Å². The minimum absolute atomic E-state index is 0.158. The number of amides is 1. The third kappa shape index (κ3) is 5.89. The Morgan fingerprint density at radius 1 is 1.22 bits per heavy atom. The Morgan fingerprint density at radius 3 is 2.59 bits per heavy atom. The molecule has 0 fully saturated rings. The average molecular weight is 368 g/mol. The third-order valence-electron chi connectivity index (χ3n) is 3.52. The summed E-state index contributed by atoms with van der Waals surface area (Å²) < 4.78 is 5.76. The van der Waals surface area contributed by atoms with Crippen LogP contribution in [-0.4, -0.2) is 24.5 Å². The lowest BCUT2D eigenvalue weighted by molar-refractivity contribution is -0.115. The van der Waals surface area contributed by atoms with Crippen LogP contribution in [0.2, 0.25) is 0 Å². The van der Waals surface area contributed by atoms with Gasteiger partial charge in [0.1, 0.15) is 17.2 Å². The van der Waals surface area contributed by atoms with Gasteiger partial charge in [-0.05, 0) is 31.3 Å². The molecule has 2 aromatic rings. The Kier molecular flexibility index (Phi) is 7.01. The van der Waals surface area contributed by atoms with E-state index in [9.17, 15) is 4.79 Å². The number of anilines is 2. The standard InChI is InChI=1S/C19H24N6O2/c1-12(2)13(3)27-16-8-6-5-7-14(16)24-25-15-9-10-17(23-19(15)20)22-18(26)11-21-4/h5-10,12,21H,3,11H2,1-2,4H3,(H3,20,22,23,26). The first-order chi connectivity index (χ1) is 12.9. The Labute approximate surface area is 158 Å². The van der Waals surface area contributed by atoms with Crippen molar-refractivity contribution in [1.82, 2.24) is 10.3 Å². The minimum Gasteiger partial charge on any atom is -0.460 e. The smallest absolute Gasteiger partial charge is 0.239 e. The van der Waals surface area contributed by atoms with Crippen molar-refractivity contribution < 1.29 is 9.53 Å². The predicted molar refractivity (Wildman–Crippen MR) is 106 cm³/mol. The minimum atomic E-state index is -0.213. The van der Waals surface area contributed by atoms with Gasteiger partial charge in [0.2, 0.25) is 5.91 Å². The van der Waals surface area contributed by atoms with Gasteiger partial charge < -0.3 is 21.1 Å². The number of hydrogen-bond donors (Lipinski definition) is 3. The highest BCUT2D eigenvalue weighted by Gasteiger charge is 2.09. The van der Waals surface area contributed by atoms with Gasteiger partial charge in [-0.1, -0.05) is 32.6 Å². The van der Waals surface area contributed by atoms with Crippen LogP contribution in [0.1, 0.15) is 13.8 Å². The molecule has 1 aromatic carbocycles. The number of nitrogen functional groups attached to an aromatic ring is 1. The van der Waals surface area contributed by atoms with Crippen molar-refractivity contribution in [1.29, 1.82) is 0 Å². The van der Waals surface area contributed by atoms with Gasteiger partial charge in [0, 0.05) is 5.92 Å². The van der Waals surface area contributed by atoms with E-state index in [1.54, 1.807) is 31.3 Å². The molecule has 1 amide bonds. The zero-order valence-electron chi connectivity index (χ0n) is 15.7. The lowest BCUT2D eigenvalue weighted by Gasteiger charge is -2.12. The largest absolute Gasteiger partial charge is 0.460 e. The summed E-state index contributed by atoms with van der Waals surface area (Å²) in [6.45, 7) is 8.08. The molecule has 0 atom stereocenters. The number of carbonyl (C=O) groups excluding carboxylic acids is 1. The molecule has 0 bridgehead atoms. The van der Waals surface area contributed by atoms with Crippen molar-refractivity contribution in [2.24, 2.45) is 16.1 Å². The van der Waals surface area contributed by atoms with E-state index in [4.69, 9.17) is 10.5 Å². The molecular weight excluding hydrogens is 344 g/mol. The molecule has 8 heteroatoms. The molecule has 0 unspecified atom stereocenters. The second-order valence-corrected chi connectivity index (χ2v) is 6.07. The summed E-state index contributed by atoms with van der Waals surface area (Å²) in [4.78, 5) is 15.7. The van der Waals surface area contributed by atoms with Crippen molar-refractivity contribution in [2.45, 2.75) is 13.8 Å². The molecular formula is C19H24N6O2. The number of azo groups is 1. The maximum Gasteiger partial charge on any atom is 0.239 e. The normalized spacial score (nSPS) is 11.0. The van der Waals surface area contributed by atoms with E-state index in [0.717, 1.165) is 0 Å². The van der Waals surface area contributed by atoms with Crippen molar-refractivity contribution >= 4 is 28.9 Å². The Hall–Kier alpha value is -3.26. The molecule has 142 valence electrons. The van der Waals surface area contributed by atoms with Crippen LogP contribution in [0, 0.1) is 5.92 Å². The van der Waals surface area contributed by atoms with Gasteiger partial charge in [0.05, 0.1) is 12.3 Å². The number of nitrogens with two attached hydrogens (primary N) is 1. The molecule has 4 N–H and O–H groups in total. The van der Waals surface area contributed by atoms with Gasteiger partial charge in [-0.15, -0.1) is 10.2 Å². The summed E-state index contributed by atoms with van der Waals surface area (Å²) in [6, 6.07) is 10.5. The van der Waals surface area contributed by atoms with E-state index < -0.39 is 0 Å². The van der Waals surface area contributed by atoms with Crippen LogP contribution in [0.25, 0.3) is 0 Å². The maximum absolute atomic E-state index is 11.6. The summed E-state index contributed by atoms with van der Waals surface area (Å²) >= 11 is 0. The number of ether oxygens (including phenoxy) is 1. The average Bonchev–Trinajstić information content (AvgIpc) is 2.62. The fraction of sp³-hybridized carbons (Fsp3) is 0.263. The second-order valence-electron chi connectivity index (χ2n) is 6.07. The van der Waals surface area contributed by atoms with Gasteiger partial charge in [-0.3, -0.25) is 4.79 Å². The summed E-state index contributed by atoms with van der Waals surface area (Å²) in [6.07, 6.45) is 0. The number of allylic oxidation sites excluding steroid dienone is 1. The van der Waals surface area contributed by atoms with E-state index in [1.165, 1.54) is 0 Å². The third-order valence-corrected chi connectivity index (χ3v) is 3.52.